The molecule has 0 spiro atoms. The van der Waals surface area contributed by atoms with Crippen LogP contribution >= 0.6 is 0 Å². The number of aryl methyl sites for hydroxylation is 2. The van der Waals surface area contributed by atoms with E-state index in [-0.39, 0.29) is 17.7 Å². The Balaban J connectivity index is 1.07. The first-order chi connectivity index (χ1) is 17.2. The van der Waals surface area contributed by atoms with Crippen LogP contribution in [0.2, 0.25) is 0 Å². The third-order valence-corrected chi connectivity index (χ3v) is 7.63. The number of hydrogen-bond donors (Lipinski definition) is 0. The molecule has 0 aromatic carbocycles. The maximum atomic E-state index is 13.2. The highest BCUT2D eigenvalue weighted by Gasteiger charge is 2.33. The van der Waals surface area contributed by atoms with Gasteiger partial charge in [-0.25, -0.2) is 15.0 Å². The van der Waals surface area contributed by atoms with Crippen molar-refractivity contribution in [3.05, 3.63) is 36.3 Å². The van der Waals surface area contributed by atoms with E-state index >= 15 is 0 Å². The summed E-state index contributed by atoms with van der Waals surface area (Å²) in [5.74, 6) is 2.47. The maximum Gasteiger partial charge on any atom is 0.289 e. The molecule has 2 amide bonds. The molecule has 3 aromatic heterocycles. The Morgan fingerprint density at radius 3 is 2.49 bits per heavy atom. The first kappa shape index (κ1) is 22.1. The van der Waals surface area contributed by atoms with Crippen LogP contribution in [0.25, 0.3) is 11.2 Å². The molecule has 0 bridgehead atoms. The van der Waals surface area contributed by atoms with Gasteiger partial charge in [0.05, 0.1) is 6.26 Å². The van der Waals surface area contributed by atoms with Crippen molar-refractivity contribution in [3.63, 3.8) is 0 Å². The van der Waals surface area contributed by atoms with Crippen molar-refractivity contribution in [2.45, 2.75) is 45.1 Å². The predicted molar refractivity (Wildman–Crippen MR) is 129 cm³/mol. The van der Waals surface area contributed by atoms with Crippen molar-refractivity contribution in [3.8, 4) is 0 Å². The van der Waals surface area contributed by atoms with Gasteiger partial charge < -0.3 is 23.7 Å². The fourth-order valence-corrected chi connectivity index (χ4v) is 5.64. The maximum absolute atomic E-state index is 13.2. The summed E-state index contributed by atoms with van der Waals surface area (Å²) in [6, 6.07) is 3.40. The molecule has 10 nitrogen and oxygen atoms in total. The molecule has 10 heteroatoms. The fraction of sp³-hybridized carbons (Fsp3) is 0.560. The summed E-state index contributed by atoms with van der Waals surface area (Å²) >= 11 is 0. The first-order valence-corrected chi connectivity index (χ1v) is 12.8. The first-order valence-electron chi connectivity index (χ1n) is 12.8. The number of rotatable bonds is 3. The normalized spacial score (nSPS) is 19.6. The molecule has 0 unspecified atom stereocenters. The van der Waals surface area contributed by atoms with E-state index in [9.17, 15) is 9.59 Å². The molecule has 0 N–H and O–H groups in total. The molecule has 6 heterocycles. The third-order valence-electron chi connectivity index (χ3n) is 7.63. The minimum absolute atomic E-state index is 0.00891. The molecule has 0 radical (unpaired) electrons. The Bertz CT molecular complexity index is 1210. The van der Waals surface area contributed by atoms with Crippen LogP contribution in [0.3, 0.4) is 0 Å². The number of anilines is 1. The van der Waals surface area contributed by atoms with E-state index in [4.69, 9.17) is 9.40 Å². The largest absolute Gasteiger partial charge is 0.459 e. The van der Waals surface area contributed by atoms with Crippen LogP contribution in [-0.4, -0.2) is 80.4 Å². The standard InChI is InChI=1S/C25H31N7O3/c33-24(30-12-14-31(15-13-30)25(34)19-5-4-16-35-19)18-7-10-29(11-8-18)22-21-23(27-17-26-22)32-9-3-1-2-6-20(32)28-21/h4-5,16-18H,1-3,6-15H2. The fourth-order valence-electron chi connectivity index (χ4n) is 5.64. The van der Waals surface area contributed by atoms with Gasteiger partial charge in [-0.15, -0.1) is 0 Å². The molecule has 0 atom stereocenters. The second kappa shape index (κ2) is 9.31. The van der Waals surface area contributed by atoms with Crippen LogP contribution in [0, 0.1) is 5.92 Å². The lowest BCUT2D eigenvalue weighted by atomic mass is 9.95. The quantitative estimate of drug-likeness (QED) is 0.571. The van der Waals surface area contributed by atoms with Gasteiger partial charge in [-0.1, -0.05) is 6.42 Å². The van der Waals surface area contributed by atoms with Gasteiger partial charge in [0.1, 0.15) is 12.2 Å². The third kappa shape index (κ3) is 4.15. The highest BCUT2D eigenvalue weighted by atomic mass is 16.3. The SMILES string of the molecule is O=C(c1ccco1)N1CCN(C(=O)C2CCN(c3ncnc4c3nc3n4CCCCC3)CC2)CC1. The van der Waals surface area contributed by atoms with Gasteiger partial charge in [0.15, 0.2) is 22.7 Å². The second-order valence-electron chi connectivity index (χ2n) is 9.72. The van der Waals surface area contributed by atoms with Crippen molar-refractivity contribution in [2.24, 2.45) is 5.92 Å². The zero-order valence-electron chi connectivity index (χ0n) is 19.9. The molecule has 0 saturated carbocycles. The van der Waals surface area contributed by atoms with Crippen LogP contribution in [0.5, 0.6) is 0 Å². The van der Waals surface area contributed by atoms with E-state index in [2.05, 4.69) is 19.4 Å². The Morgan fingerprint density at radius 1 is 0.914 bits per heavy atom. The number of piperidine rings is 1. The topological polar surface area (TPSA) is 101 Å². The predicted octanol–water partition coefficient (Wildman–Crippen LogP) is 2.35. The smallest absolute Gasteiger partial charge is 0.289 e. The van der Waals surface area contributed by atoms with E-state index in [1.54, 1.807) is 23.4 Å². The van der Waals surface area contributed by atoms with Crippen LogP contribution in [0.1, 0.15) is 48.5 Å². The van der Waals surface area contributed by atoms with Gasteiger partial charge in [0, 0.05) is 58.2 Å². The van der Waals surface area contributed by atoms with Crippen LogP contribution < -0.4 is 4.90 Å². The molecule has 2 fully saturated rings. The lowest BCUT2D eigenvalue weighted by Crippen LogP contribution is -2.53. The lowest BCUT2D eigenvalue weighted by Gasteiger charge is -2.38. The number of carbonyl (C=O) groups excluding carboxylic acids is 2. The number of aromatic nitrogens is 4. The Morgan fingerprint density at radius 2 is 1.71 bits per heavy atom. The van der Waals surface area contributed by atoms with Crippen LogP contribution in [0.15, 0.2) is 29.1 Å². The second-order valence-corrected chi connectivity index (χ2v) is 9.72. The van der Waals surface area contributed by atoms with Gasteiger partial charge in [0.25, 0.3) is 5.91 Å². The van der Waals surface area contributed by atoms with Gasteiger partial charge in [-0.3, -0.25) is 9.59 Å². The molecule has 184 valence electrons. The van der Waals surface area contributed by atoms with Gasteiger partial charge in [-0.05, 0) is 37.8 Å². The number of carbonyl (C=O) groups is 2. The monoisotopic (exact) mass is 477 g/mol. The molecule has 35 heavy (non-hydrogen) atoms. The van der Waals surface area contributed by atoms with Crippen molar-refractivity contribution >= 4 is 28.8 Å². The van der Waals surface area contributed by atoms with Crippen molar-refractivity contribution < 1.29 is 14.0 Å². The molecule has 2 saturated heterocycles. The lowest BCUT2D eigenvalue weighted by molar-refractivity contribution is -0.137. The van der Waals surface area contributed by atoms with Crippen LogP contribution in [-0.2, 0) is 17.8 Å². The Hall–Kier alpha value is -3.43. The molecular formula is C25H31N7O3. The molecule has 3 aliphatic rings. The minimum Gasteiger partial charge on any atom is -0.459 e. The number of amides is 2. The van der Waals surface area contributed by atoms with Gasteiger partial charge in [-0.2, -0.15) is 0 Å². The average molecular weight is 478 g/mol. The van der Waals surface area contributed by atoms with E-state index in [0.717, 1.165) is 68.1 Å². The number of imidazole rings is 1. The van der Waals surface area contributed by atoms with Gasteiger partial charge >= 0.3 is 0 Å². The van der Waals surface area contributed by atoms with E-state index in [1.165, 1.54) is 19.1 Å². The summed E-state index contributed by atoms with van der Waals surface area (Å²) in [6.07, 6.45) is 9.31. The summed E-state index contributed by atoms with van der Waals surface area (Å²) in [4.78, 5) is 45.8. The summed E-state index contributed by atoms with van der Waals surface area (Å²) in [5.41, 5.74) is 1.83. The van der Waals surface area contributed by atoms with E-state index in [0.29, 0.717) is 31.9 Å². The van der Waals surface area contributed by atoms with Crippen molar-refractivity contribution in [2.75, 3.05) is 44.2 Å². The van der Waals surface area contributed by atoms with Crippen molar-refractivity contribution in [1.29, 1.82) is 0 Å². The number of nitrogens with zero attached hydrogens (tertiary/aromatic N) is 7. The van der Waals surface area contributed by atoms with Gasteiger partial charge in [0.2, 0.25) is 5.91 Å². The Labute approximate surface area is 203 Å². The number of hydrogen-bond acceptors (Lipinski definition) is 7. The molecule has 6 rings (SSSR count). The van der Waals surface area contributed by atoms with E-state index in [1.807, 2.05) is 4.90 Å². The van der Waals surface area contributed by atoms with Crippen molar-refractivity contribution in [1.82, 2.24) is 29.3 Å². The average Bonchev–Trinajstić information content (AvgIpc) is 3.51. The summed E-state index contributed by atoms with van der Waals surface area (Å²) in [5, 5.41) is 0. The minimum atomic E-state index is -0.108. The Kier molecular flexibility index (Phi) is 5.87. The summed E-state index contributed by atoms with van der Waals surface area (Å²) in [7, 11) is 0. The summed E-state index contributed by atoms with van der Waals surface area (Å²) < 4.78 is 7.49. The summed E-state index contributed by atoms with van der Waals surface area (Å²) in [6.45, 7) is 4.74. The number of piperazine rings is 1. The zero-order valence-corrected chi connectivity index (χ0v) is 19.9. The number of fused-ring (bicyclic) bond motifs is 3. The van der Waals surface area contributed by atoms with Crippen LogP contribution in [0.4, 0.5) is 5.82 Å². The highest BCUT2D eigenvalue weighted by Crippen LogP contribution is 2.30. The molecule has 3 aromatic rings. The highest BCUT2D eigenvalue weighted by molar-refractivity contribution is 5.91. The van der Waals surface area contributed by atoms with E-state index < -0.39 is 0 Å². The number of furan rings is 1. The molecule has 0 aliphatic carbocycles. The zero-order chi connectivity index (χ0) is 23.8. The molecular weight excluding hydrogens is 446 g/mol. The molecule has 3 aliphatic heterocycles.